The standard InChI is InChI=1S/C17H29N3/c1-5-20(15-8-6-7-13(15)11-18)16-10-9-14(12-19-16)17(2,3)4/h9-10,12-13,15H,5-8,11,18H2,1-4H3. The van der Waals surface area contributed by atoms with Gasteiger partial charge in [-0.3, -0.25) is 0 Å². The zero-order chi connectivity index (χ0) is 14.8. The van der Waals surface area contributed by atoms with Gasteiger partial charge in [-0.15, -0.1) is 0 Å². The lowest BCUT2D eigenvalue weighted by atomic mass is 9.88. The minimum Gasteiger partial charge on any atom is -0.354 e. The van der Waals surface area contributed by atoms with Gasteiger partial charge in [0.2, 0.25) is 0 Å². The van der Waals surface area contributed by atoms with Crippen molar-refractivity contribution < 1.29 is 0 Å². The predicted octanol–water partition coefficient (Wildman–Crippen LogP) is 3.33. The average molecular weight is 275 g/mol. The molecule has 0 bridgehead atoms. The van der Waals surface area contributed by atoms with E-state index in [9.17, 15) is 0 Å². The monoisotopic (exact) mass is 275 g/mol. The van der Waals surface area contributed by atoms with E-state index in [2.05, 4.69) is 44.7 Å². The summed E-state index contributed by atoms with van der Waals surface area (Å²) in [4.78, 5) is 7.16. The molecule has 0 aliphatic heterocycles. The topological polar surface area (TPSA) is 42.2 Å². The Kier molecular flexibility index (Phi) is 4.69. The van der Waals surface area contributed by atoms with Crippen LogP contribution in [0.25, 0.3) is 0 Å². The summed E-state index contributed by atoms with van der Waals surface area (Å²) in [6, 6.07) is 4.96. The largest absolute Gasteiger partial charge is 0.354 e. The second kappa shape index (κ2) is 6.13. The van der Waals surface area contributed by atoms with E-state index in [-0.39, 0.29) is 5.41 Å². The van der Waals surface area contributed by atoms with Gasteiger partial charge >= 0.3 is 0 Å². The van der Waals surface area contributed by atoms with Crippen LogP contribution in [0, 0.1) is 5.92 Å². The van der Waals surface area contributed by atoms with E-state index in [1.807, 2.05) is 6.20 Å². The summed E-state index contributed by atoms with van der Waals surface area (Å²) in [5.74, 6) is 1.73. The highest BCUT2D eigenvalue weighted by Gasteiger charge is 2.31. The van der Waals surface area contributed by atoms with Crippen LogP contribution >= 0.6 is 0 Å². The van der Waals surface area contributed by atoms with Crippen LogP contribution in [0.5, 0.6) is 0 Å². The van der Waals surface area contributed by atoms with Crippen molar-refractivity contribution in [2.75, 3.05) is 18.0 Å². The number of pyridine rings is 1. The van der Waals surface area contributed by atoms with E-state index in [1.54, 1.807) is 0 Å². The van der Waals surface area contributed by atoms with Crippen LogP contribution in [0.1, 0.15) is 52.5 Å². The Hall–Kier alpha value is -1.09. The van der Waals surface area contributed by atoms with Crippen LogP contribution in [0.3, 0.4) is 0 Å². The molecule has 1 aromatic heterocycles. The van der Waals surface area contributed by atoms with E-state index in [0.29, 0.717) is 12.0 Å². The molecule has 0 aromatic carbocycles. The maximum atomic E-state index is 5.93. The molecule has 1 aliphatic carbocycles. The molecule has 2 unspecified atom stereocenters. The van der Waals surface area contributed by atoms with Crippen LogP contribution in [0.15, 0.2) is 18.3 Å². The van der Waals surface area contributed by atoms with Crippen LogP contribution in [0.4, 0.5) is 5.82 Å². The Morgan fingerprint density at radius 2 is 2.05 bits per heavy atom. The zero-order valence-electron chi connectivity index (χ0n) is 13.4. The molecule has 2 rings (SSSR count). The van der Waals surface area contributed by atoms with Gasteiger partial charge in [0.25, 0.3) is 0 Å². The number of aromatic nitrogens is 1. The van der Waals surface area contributed by atoms with Crippen LogP contribution in [0.2, 0.25) is 0 Å². The fourth-order valence-electron chi connectivity index (χ4n) is 3.27. The quantitative estimate of drug-likeness (QED) is 0.916. The van der Waals surface area contributed by atoms with Crippen molar-refractivity contribution in [2.45, 2.75) is 58.4 Å². The molecule has 2 N–H and O–H groups in total. The average Bonchev–Trinajstić information content (AvgIpc) is 2.87. The molecule has 1 heterocycles. The molecule has 3 heteroatoms. The number of hydrogen-bond donors (Lipinski definition) is 1. The summed E-state index contributed by atoms with van der Waals surface area (Å²) >= 11 is 0. The minimum atomic E-state index is 0.162. The second-order valence-electron chi connectivity index (χ2n) is 6.94. The Bertz CT molecular complexity index is 419. The van der Waals surface area contributed by atoms with Gasteiger partial charge < -0.3 is 10.6 Å². The molecule has 1 aliphatic rings. The third-order valence-corrected chi connectivity index (χ3v) is 4.57. The molecule has 3 nitrogen and oxygen atoms in total. The highest BCUT2D eigenvalue weighted by molar-refractivity contribution is 5.42. The molecule has 1 saturated carbocycles. The van der Waals surface area contributed by atoms with Crippen molar-refractivity contribution in [1.82, 2.24) is 4.98 Å². The zero-order valence-corrected chi connectivity index (χ0v) is 13.4. The first kappa shape index (κ1) is 15.3. The Labute approximate surface area is 123 Å². The highest BCUT2D eigenvalue weighted by Crippen LogP contribution is 2.32. The summed E-state index contributed by atoms with van der Waals surface area (Å²) < 4.78 is 0. The van der Waals surface area contributed by atoms with Crippen molar-refractivity contribution in [1.29, 1.82) is 0 Å². The molecule has 112 valence electrons. The lowest BCUT2D eigenvalue weighted by Gasteiger charge is -2.33. The number of nitrogens with zero attached hydrogens (tertiary/aromatic N) is 2. The van der Waals surface area contributed by atoms with Crippen molar-refractivity contribution in [3.8, 4) is 0 Å². The van der Waals surface area contributed by atoms with Gasteiger partial charge in [0.1, 0.15) is 5.82 Å². The molecule has 1 aromatic rings. The molecule has 20 heavy (non-hydrogen) atoms. The number of nitrogens with two attached hydrogens (primary N) is 1. The third kappa shape index (κ3) is 3.14. The van der Waals surface area contributed by atoms with Crippen LogP contribution in [-0.2, 0) is 5.41 Å². The smallest absolute Gasteiger partial charge is 0.128 e. The lowest BCUT2D eigenvalue weighted by molar-refractivity contribution is 0.459. The molecule has 0 amide bonds. The van der Waals surface area contributed by atoms with Gasteiger partial charge in [0.15, 0.2) is 0 Å². The molecule has 0 radical (unpaired) electrons. The summed E-state index contributed by atoms with van der Waals surface area (Å²) in [5.41, 5.74) is 7.38. The van der Waals surface area contributed by atoms with Gasteiger partial charge in [-0.1, -0.05) is 33.3 Å². The minimum absolute atomic E-state index is 0.162. The van der Waals surface area contributed by atoms with Crippen LogP contribution < -0.4 is 10.6 Å². The predicted molar refractivity (Wildman–Crippen MR) is 86.1 cm³/mol. The van der Waals surface area contributed by atoms with E-state index >= 15 is 0 Å². The van der Waals surface area contributed by atoms with E-state index in [1.165, 1.54) is 24.8 Å². The Morgan fingerprint density at radius 3 is 2.55 bits per heavy atom. The normalized spacial score (nSPS) is 23.1. The highest BCUT2D eigenvalue weighted by atomic mass is 15.2. The second-order valence-corrected chi connectivity index (χ2v) is 6.94. The molecule has 2 atom stereocenters. The first-order valence-corrected chi connectivity index (χ1v) is 7.90. The van der Waals surface area contributed by atoms with E-state index in [4.69, 9.17) is 10.7 Å². The van der Waals surface area contributed by atoms with Crippen LogP contribution in [-0.4, -0.2) is 24.1 Å². The number of hydrogen-bond acceptors (Lipinski definition) is 3. The van der Waals surface area contributed by atoms with Gasteiger partial charge in [-0.05, 0) is 49.3 Å². The fourth-order valence-corrected chi connectivity index (χ4v) is 3.27. The molecule has 1 fully saturated rings. The Morgan fingerprint density at radius 1 is 1.30 bits per heavy atom. The lowest BCUT2D eigenvalue weighted by Crippen LogP contribution is -2.40. The maximum Gasteiger partial charge on any atom is 0.128 e. The summed E-state index contributed by atoms with van der Waals surface area (Å²) in [6.45, 7) is 10.7. The van der Waals surface area contributed by atoms with Gasteiger partial charge in [-0.25, -0.2) is 4.98 Å². The van der Waals surface area contributed by atoms with Crippen molar-refractivity contribution in [2.24, 2.45) is 11.7 Å². The van der Waals surface area contributed by atoms with E-state index in [0.717, 1.165) is 18.9 Å². The van der Waals surface area contributed by atoms with E-state index < -0.39 is 0 Å². The number of anilines is 1. The SMILES string of the molecule is CCN(c1ccc(C(C)(C)C)cn1)C1CCCC1CN. The van der Waals surface area contributed by atoms with Gasteiger partial charge in [-0.2, -0.15) is 0 Å². The maximum absolute atomic E-state index is 5.93. The summed E-state index contributed by atoms with van der Waals surface area (Å²) in [5, 5.41) is 0. The third-order valence-electron chi connectivity index (χ3n) is 4.57. The molecule has 0 spiro atoms. The fraction of sp³-hybridized carbons (Fsp3) is 0.706. The van der Waals surface area contributed by atoms with Gasteiger partial charge in [0.05, 0.1) is 0 Å². The summed E-state index contributed by atoms with van der Waals surface area (Å²) in [7, 11) is 0. The van der Waals surface area contributed by atoms with Crippen molar-refractivity contribution in [3.05, 3.63) is 23.9 Å². The van der Waals surface area contributed by atoms with Crippen molar-refractivity contribution >= 4 is 5.82 Å². The first-order chi connectivity index (χ1) is 9.47. The molecule has 0 saturated heterocycles. The Balaban J connectivity index is 2.19. The molecular weight excluding hydrogens is 246 g/mol. The number of rotatable bonds is 4. The summed E-state index contributed by atoms with van der Waals surface area (Å²) in [6.07, 6.45) is 5.84. The first-order valence-electron chi connectivity index (χ1n) is 7.90. The van der Waals surface area contributed by atoms with Gasteiger partial charge in [0, 0.05) is 18.8 Å². The van der Waals surface area contributed by atoms with Crippen molar-refractivity contribution in [3.63, 3.8) is 0 Å². The molecular formula is C17H29N3.